The Balaban J connectivity index is 1.10. The second-order valence-electron chi connectivity index (χ2n) is 10.5. The molecule has 0 aliphatic heterocycles. The highest BCUT2D eigenvalue weighted by Gasteiger charge is 2.15. The van der Waals surface area contributed by atoms with Crippen LogP contribution in [0.2, 0.25) is 10.0 Å². The van der Waals surface area contributed by atoms with Crippen LogP contribution in [0.15, 0.2) is 101 Å². The number of hydrogen-bond acceptors (Lipinski definition) is 4. The molecular formula is C35H30Cl2N4O3. The second kappa shape index (κ2) is 12.5. The summed E-state index contributed by atoms with van der Waals surface area (Å²) >= 11 is 12.6. The van der Waals surface area contributed by atoms with E-state index in [-0.39, 0.29) is 12.4 Å². The summed E-state index contributed by atoms with van der Waals surface area (Å²) in [5, 5.41) is 6.46. The molecule has 3 heterocycles. The second-order valence-corrected chi connectivity index (χ2v) is 11.4. The monoisotopic (exact) mass is 624 g/mol. The Bertz CT molecular complexity index is 1980. The Hall–Kier alpha value is -4.72. The van der Waals surface area contributed by atoms with E-state index in [2.05, 4.69) is 45.6 Å². The van der Waals surface area contributed by atoms with Gasteiger partial charge in [0.05, 0.1) is 6.21 Å². The minimum atomic E-state index is -0.455. The van der Waals surface area contributed by atoms with Gasteiger partial charge in [-0.05, 0) is 93.1 Å². The zero-order valence-corrected chi connectivity index (χ0v) is 26.0. The van der Waals surface area contributed by atoms with Crippen LogP contribution in [0.4, 0.5) is 0 Å². The van der Waals surface area contributed by atoms with E-state index in [0.29, 0.717) is 28.1 Å². The summed E-state index contributed by atoms with van der Waals surface area (Å²) in [6.07, 6.45) is 1.66. The number of aryl methyl sites for hydroxylation is 2. The van der Waals surface area contributed by atoms with Gasteiger partial charge in [-0.2, -0.15) is 5.10 Å². The highest BCUT2D eigenvalue weighted by Crippen LogP contribution is 2.28. The van der Waals surface area contributed by atoms with Crippen LogP contribution in [0.25, 0.3) is 16.6 Å². The number of furan rings is 1. The number of hydrazone groups is 1. The van der Waals surface area contributed by atoms with Gasteiger partial charge in [0.25, 0.3) is 0 Å². The molecule has 6 aromatic rings. The first kappa shape index (κ1) is 29.4. The number of amides is 1. The molecule has 0 saturated carbocycles. The standard InChI is InChI=1S/C35H30Cl2N4O3/c1-22-8-9-23(2)41(22)27-12-14-28(15-13-27)43-21-29-16-17-34(44-29)35(42)39-38-19-31-24(3)40(33-7-5-4-6-30(31)33)20-25-10-11-26(36)18-32(25)37/h4-19H,20-21H2,1-3H3,(H,39,42)/b38-19+. The Morgan fingerprint density at radius 3 is 2.43 bits per heavy atom. The van der Waals surface area contributed by atoms with E-state index in [1.165, 1.54) is 11.4 Å². The number of carbonyl (C=O) groups is 1. The van der Waals surface area contributed by atoms with E-state index in [1.54, 1.807) is 24.4 Å². The van der Waals surface area contributed by atoms with Gasteiger partial charge in [-0.1, -0.05) is 47.5 Å². The number of aromatic nitrogens is 2. The van der Waals surface area contributed by atoms with Gasteiger partial charge in [0.1, 0.15) is 18.1 Å². The quantitative estimate of drug-likeness (QED) is 0.129. The maximum absolute atomic E-state index is 12.8. The van der Waals surface area contributed by atoms with Crippen molar-refractivity contribution in [3.63, 3.8) is 0 Å². The van der Waals surface area contributed by atoms with Gasteiger partial charge in [0.15, 0.2) is 5.76 Å². The molecule has 7 nitrogen and oxygen atoms in total. The molecule has 0 aliphatic carbocycles. The minimum Gasteiger partial charge on any atom is -0.486 e. The summed E-state index contributed by atoms with van der Waals surface area (Å²) < 4.78 is 16.0. The first-order valence-corrected chi connectivity index (χ1v) is 14.9. The van der Waals surface area contributed by atoms with Crippen molar-refractivity contribution in [2.24, 2.45) is 5.10 Å². The average Bonchev–Trinajstić information content (AvgIpc) is 3.70. The maximum Gasteiger partial charge on any atom is 0.307 e. The molecule has 44 heavy (non-hydrogen) atoms. The van der Waals surface area contributed by atoms with E-state index in [0.717, 1.165) is 33.4 Å². The predicted molar refractivity (Wildman–Crippen MR) is 176 cm³/mol. The third kappa shape index (κ3) is 6.02. The van der Waals surface area contributed by atoms with E-state index in [9.17, 15) is 4.79 Å². The number of ether oxygens (including phenoxy) is 1. The number of halogens is 2. The zero-order valence-electron chi connectivity index (χ0n) is 24.5. The van der Waals surface area contributed by atoms with Gasteiger partial charge >= 0.3 is 5.91 Å². The van der Waals surface area contributed by atoms with Crippen molar-refractivity contribution in [1.82, 2.24) is 14.6 Å². The van der Waals surface area contributed by atoms with Crippen molar-refractivity contribution >= 4 is 46.2 Å². The first-order valence-electron chi connectivity index (χ1n) is 14.1. The van der Waals surface area contributed by atoms with Crippen molar-refractivity contribution in [1.29, 1.82) is 0 Å². The molecule has 0 saturated heterocycles. The summed E-state index contributed by atoms with van der Waals surface area (Å²) in [6, 6.07) is 28.9. The summed E-state index contributed by atoms with van der Waals surface area (Å²) in [6.45, 7) is 6.92. The Labute approximate surface area is 265 Å². The van der Waals surface area contributed by atoms with Gasteiger partial charge in [-0.25, -0.2) is 5.43 Å². The number of hydrogen-bond donors (Lipinski definition) is 1. The van der Waals surface area contributed by atoms with Crippen molar-refractivity contribution in [2.75, 3.05) is 0 Å². The van der Waals surface area contributed by atoms with E-state index < -0.39 is 5.91 Å². The Morgan fingerprint density at radius 2 is 1.68 bits per heavy atom. The molecule has 0 spiro atoms. The average molecular weight is 626 g/mol. The van der Waals surface area contributed by atoms with Crippen LogP contribution in [0, 0.1) is 20.8 Å². The third-order valence-electron chi connectivity index (χ3n) is 7.62. The highest BCUT2D eigenvalue weighted by atomic mass is 35.5. The van der Waals surface area contributed by atoms with Crippen LogP contribution >= 0.6 is 23.2 Å². The molecule has 0 bridgehead atoms. The van der Waals surface area contributed by atoms with Crippen LogP contribution in [0.1, 0.15) is 44.5 Å². The van der Waals surface area contributed by atoms with Gasteiger partial charge in [-0.3, -0.25) is 4.79 Å². The number of fused-ring (bicyclic) bond motifs is 1. The van der Waals surface area contributed by atoms with Gasteiger partial charge < -0.3 is 18.3 Å². The molecule has 3 aromatic heterocycles. The molecule has 0 fully saturated rings. The fourth-order valence-electron chi connectivity index (χ4n) is 5.35. The molecule has 1 N–H and O–H groups in total. The molecule has 9 heteroatoms. The SMILES string of the molecule is Cc1ccc(C)n1-c1ccc(OCc2ccc(C(=O)N/N=C/c3c(C)n(Cc4ccc(Cl)cc4Cl)c4ccccc34)o2)cc1. The fraction of sp³-hybridized carbons (Fsp3) is 0.143. The van der Waals surface area contributed by atoms with Gasteiger partial charge in [-0.15, -0.1) is 0 Å². The predicted octanol–water partition coefficient (Wildman–Crippen LogP) is 8.65. The fourth-order valence-corrected chi connectivity index (χ4v) is 5.82. The number of carbonyl (C=O) groups excluding carboxylic acids is 1. The van der Waals surface area contributed by atoms with E-state index in [1.807, 2.05) is 67.6 Å². The number of nitrogens with one attached hydrogen (secondary N) is 1. The number of nitrogens with zero attached hydrogens (tertiary/aromatic N) is 3. The molecule has 3 aromatic carbocycles. The Kier molecular flexibility index (Phi) is 8.33. The van der Waals surface area contributed by atoms with E-state index >= 15 is 0 Å². The lowest BCUT2D eigenvalue weighted by atomic mass is 10.1. The van der Waals surface area contributed by atoms with Crippen molar-refractivity contribution in [2.45, 2.75) is 33.9 Å². The molecule has 6 rings (SSSR count). The van der Waals surface area contributed by atoms with Crippen LogP contribution < -0.4 is 10.2 Å². The molecule has 0 unspecified atom stereocenters. The number of benzene rings is 3. The molecule has 222 valence electrons. The molecular weight excluding hydrogens is 595 g/mol. The molecule has 0 atom stereocenters. The number of rotatable bonds is 9. The van der Waals surface area contributed by atoms with Crippen LogP contribution in [0.3, 0.4) is 0 Å². The zero-order chi connectivity index (χ0) is 30.8. The normalized spacial score (nSPS) is 11.5. The van der Waals surface area contributed by atoms with Crippen LogP contribution in [-0.4, -0.2) is 21.3 Å². The molecule has 0 aliphatic rings. The summed E-state index contributed by atoms with van der Waals surface area (Å²) in [4.78, 5) is 12.8. The summed E-state index contributed by atoms with van der Waals surface area (Å²) in [7, 11) is 0. The van der Waals surface area contributed by atoms with Crippen LogP contribution in [-0.2, 0) is 13.2 Å². The largest absolute Gasteiger partial charge is 0.486 e. The van der Waals surface area contributed by atoms with Gasteiger partial charge in [0.2, 0.25) is 0 Å². The third-order valence-corrected chi connectivity index (χ3v) is 8.20. The maximum atomic E-state index is 12.8. The number of para-hydroxylation sites is 1. The van der Waals surface area contributed by atoms with Gasteiger partial charge in [0, 0.05) is 55.8 Å². The van der Waals surface area contributed by atoms with Crippen LogP contribution in [0.5, 0.6) is 5.75 Å². The van der Waals surface area contributed by atoms with Crippen molar-refractivity contribution in [3.8, 4) is 11.4 Å². The minimum absolute atomic E-state index is 0.145. The first-order chi connectivity index (χ1) is 21.3. The lowest BCUT2D eigenvalue weighted by Gasteiger charge is -2.10. The lowest BCUT2D eigenvalue weighted by molar-refractivity contribution is 0.0923. The Morgan fingerprint density at radius 1 is 0.932 bits per heavy atom. The topological polar surface area (TPSA) is 73.7 Å². The smallest absolute Gasteiger partial charge is 0.307 e. The summed E-state index contributed by atoms with van der Waals surface area (Å²) in [5.74, 6) is 0.922. The molecule has 0 radical (unpaired) electrons. The lowest BCUT2D eigenvalue weighted by Crippen LogP contribution is -2.16. The van der Waals surface area contributed by atoms with Crippen molar-refractivity contribution < 1.29 is 13.9 Å². The van der Waals surface area contributed by atoms with E-state index in [4.69, 9.17) is 32.4 Å². The highest BCUT2D eigenvalue weighted by molar-refractivity contribution is 6.35. The molecule has 1 amide bonds. The van der Waals surface area contributed by atoms with Crippen molar-refractivity contribution in [3.05, 3.63) is 141 Å². The summed E-state index contributed by atoms with van der Waals surface area (Å²) in [5.41, 5.74) is 9.85.